The van der Waals surface area contributed by atoms with E-state index in [1.54, 1.807) is 0 Å². The first-order valence-electron chi connectivity index (χ1n) is 4.76. The van der Waals surface area contributed by atoms with Gasteiger partial charge in [0.1, 0.15) is 5.15 Å². The van der Waals surface area contributed by atoms with E-state index in [0.717, 1.165) is 22.1 Å². The Bertz CT molecular complexity index is 500. The predicted octanol–water partition coefficient (Wildman–Crippen LogP) is 3.26. The third kappa shape index (κ3) is 2.31. The van der Waals surface area contributed by atoms with Crippen LogP contribution in [0.3, 0.4) is 0 Å². The van der Waals surface area contributed by atoms with Gasteiger partial charge in [-0.2, -0.15) is 0 Å². The minimum atomic E-state index is 0.475. The van der Waals surface area contributed by atoms with Crippen LogP contribution in [-0.4, -0.2) is 15.0 Å². The summed E-state index contributed by atoms with van der Waals surface area (Å²) in [5, 5.41) is 6.25. The summed E-state index contributed by atoms with van der Waals surface area (Å²) in [5.74, 6) is 0.488. The van der Waals surface area contributed by atoms with Gasteiger partial charge in [-0.05, 0) is 20.8 Å². The van der Waals surface area contributed by atoms with Crippen LogP contribution < -0.4 is 5.32 Å². The number of aryl methyl sites for hydroxylation is 2. The van der Waals surface area contributed by atoms with Crippen molar-refractivity contribution in [2.75, 3.05) is 5.32 Å². The second-order valence-electron chi connectivity index (χ2n) is 3.47. The first-order valence-corrected chi connectivity index (χ1v) is 6.02. The fourth-order valence-electron chi connectivity index (χ4n) is 1.16. The van der Waals surface area contributed by atoms with Crippen molar-refractivity contribution in [2.24, 2.45) is 0 Å². The molecule has 84 valence electrons. The molecule has 2 heterocycles. The second-order valence-corrected chi connectivity index (χ2v) is 4.68. The van der Waals surface area contributed by atoms with Gasteiger partial charge in [-0.1, -0.05) is 11.6 Å². The number of hydrogen-bond donors (Lipinski definition) is 1. The Morgan fingerprint density at radius 3 is 2.50 bits per heavy atom. The van der Waals surface area contributed by atoms with Gasteiger partial charge in [-0.15, -0.1) is 11.3 Å². The molecule has 1 N–H and O–H groups in total. The van der Waals surface area contributed by atoms with E-state index in [-0.39, 0.29) is 0 Å². The molecule has 0 aliphatic carbocycles. The van der Waals surface area contributed by atoms with Crippen molar-refractivity contribution in [3.05, 3.63) is 27.5 Å². The Morgan fingerprint density at radius 1 is 1.19 bits per heavy atom. The van der Waals surface area contributed by atoms with Crippen molar-refractivity contribution < 1.29 is 0 Å². The fourth-order valence-corrected chi connectivity index (χ4v) is 2.06. The Balaban J connectivity index is 2.28. The van der Waals surface area contributed by atoms with Crippen LogP contribution in [0.1, 0.15) is 17.0 Å². The number of nitrogens with zero attached hydrogens (tertiary/aromatic N) is 3. The molecule has 0 spiro atoms. The monoisotopic (exact) mass is 254 g/mol. The predicted molar refractivity (Wildman–Crippen MR) is 66.6 cm³/mol. The van der Waals surface area contributed by atoms with Crippen molar-refractivity contribution >= 4 is 34.0 Å². The summed E-state index contributed by atoms with van der Waals surface area (Å²) in [6, 6.07) is 0. The molecule has 2 rings (SSSR count). The molecule has 0 aromatic carbocycles. The molecule has 0 saturated heterocycles. The van der Waals surface area contributed by atoms with Gasteiger partial charge in [0, 0.05) is 16.6 Å². The maximum atomic E-state index is 5.98. The number of anilines is 2. The van der Waals surface area contributed by atoms with E-state index in [2.05, 4.69) is 20.3 Å². The van der Waals surface area contributed by atoms with Gasteiger partial charge in [0.15, 0.2) is 5.13 Å². The van der Waals surface area contributed by atoms with Crippen LogP contribution in [0.2, 0.25) is 5.15 Å². The molecule has 16 heavy (non-hydrogen) atoms. The molecule has 6 heteroatoms. The smallest absolute Gasteiger partial charge is 0.230 e. The number of hydrogen-bond acceptors (Lipinski definition) is 5. The lowest BCUT2D eigenvalue weighted by Crippen LogP contribution is -2.00. The molecular formula is C10H11ClN4S. The number of halogens is 1. The molecule has 0 aliphatic heterocycles. The molecule has 0 fully saturated rings. The maximum Gasteiger partial charge on any atom is 0.230 e. The summed E-state index contributed by atoms with van der Waals surface area (Å²) in [6.45, 7) is 5.74. The van der Waals surface area contributed by atoms with Crippen molar-refractivity contribution in [3.8, 4) is 0 Å². The minimum Gasteiger partial charge on any atom is -0.300 e. The minimum absolute atomic E-state index is 0.475. The van der Waals surface area contributed by atoms with Crippen molar-refractivity contribution in [3.63, 3.8) is 0 Å². The SMILES string of the molecule is Cc1csc(Nc2nc(C)c(C)c(Cl)n2)n1. The van der Waals surface area contributed by atoms with Gasteiger partial charge >= 0.3 is 0 Å². The van der Waals surface area contributed by atoms with E-state index in [1.807, 2.05) is 26.2 Å². The third-order valence-electron chi connectivity index (χ3n) is 2.17. The van der Waals surface area contributed by atoms with Crippen LogP contribution in [0.15, 0.2) is 5.38 Å². The average molecular weight is 255 g/mol. The zero-order valence-electron chi connectivity index (χ0n) is 9.21. The lowest BCUT2D eigenvalue weighted by Gasteiger charge is -2.05. The molecule has 0 atom stereocenters. The standard InChI is InChI=1S/C10H11ClN4S/c1-5-4-16-10(12-5)15-9-13-7(3)6(2)8(11)14-9/h4H,1-3H3,(H,12,13,14,15). The molecule has 0 bridgehead atoms. The highest BCUT2D eigenvalue weighted by molar-refractivity contribution is 7.13. The summed E-state index contributed by atoms with van der Waals surface area (Å²) in [5.41, 5.74) is 2.75. The summed E-state index contributed by atoms with van der Waals surface area (Å²) in [4.78, 5) is 12.7. The fraction of sp³-hybridized carbons (Fsp3) is 0.300. The van der Waals surface area contributed by atoms with Crippen LogP contribution in [0.4, 0.5) is 11.1 Å². The van der Waals surface area contributed by atoms with Crippen molar-refractivity contribution in [1.82, 2.24) is 15.0 Å². The Labute approximate surface area is 103 Å². The van der Waals surface area contributed by atoms with E-state index in [9.17, 15) is 0 Å². The summed E-state index contributed by atoms with van der Waals surface area (Å²) >= 11 is 7.50. The van der Waals surface area contributed by atoms with E-state index >= 15 is 0 Å². The summed E-state index contributed by atoms with van der Waals surface area (Å²) in [6.07, 6.45) is 0. The maximum absolute atomic E-state index is 5.98. The molecule has 4 nitrogen and oxygen atoms in total. The van der Waals surface area contributed by atoms with Gasteiger partial charge in [0.2, 0.25) is 5.95 Å². The third-order valence-corrected chi connectivity index (χ3v) is 3.41. The molecule has 0 aliphatic rings. The van der Waals surface area contributed by atoms with Crippen LogP contribution in [-0.2, 0) is 0 Å². The number of aromatic nitrogens is 3. The molecular weight excluding hydrogens is 244 g/mol. The first-order chi connectivity index (χ1) is 7.56. The molecule has 0 unspecified atom stereocenters. The van der Waals surface area contributed by atoms with Crippen LogP contribution >= 0.6 is 22.9 Å². The summed E-state index contributed by atoms with van der Waals surface area (Å²) < 4.78 is 0. The number of nitrogens with one attached hydrogen (secondary N) is 1. The lowest BCUT2D eigenvalue weighted by atomic mass is 10.3. The van der Waals surface area contributed by atoms with Crippen molar-refractivity contribution in [2.45, 2.75) is 20.8 Å². The quantitative estimate of drug-likeness (QED) is 0.836. The highest BCUT2D eigenvalue weighted by atomic mass is 35.5. The highest BCUT2D eigenvalue weighted by Gasteiger charge is 2.07. The Kier molecular flexibility index (Phi) is 3.07. The molecule has 0 radical (unpaired) electrons. The Hall–Kier alpha value is -1.20. The van der Waals surface area contributed by atoms with E-state index < -0.39 is 0 Å². The van der Waals surface area contributed by atoms with Crippen molar-refractivity contribution in [1.29, 1.82) is 0 Å². The van der Waals surface area contributed by atoms with Crippen LogP contribution in [0.5, 0.6) is 0 Å². The van der Waals surface area contributed by atoms with Gasteiger partial charge in [0.05, 0.1) is 5.69 Å². The van der Waals surface area contributed by atoms with Gasteiger partial charge in [-0.25, -0.2) is 15.0 Å². The zero-order valence-corrected chi connectivity index (χ0v) is 10.8. The normalized spacial score (nSPS) is 10.5. The van der Waals surface area contributed by atoms with Crippen LogP contribution in [0.25, 0.3) is 0 Å². The van der Waals surface area contributed by atoms with Gasteiger partial charge < -0.3 is 0 Å². The van der Waals surface area contributed by atoms with Gasteiger partial charge in [0.25, 0.3) is 0 Å². The molecule has 0 saturated carbocycles. The van der Waals surface area contributed by atoms with E-state index in [4.69, 9.17) is 11.6 Å². The highest BCUT2D eigenvalue weighted by Crippen LogP contribution is 2.21. The topological polar surface area (TPSA) is 50.7 Å². The average Bonchev–Trinajstić information content (AvgIpc) is 2.60. The van der Waals surface area contributed by atoms with E-state index in [1.165, 1.54) is 11.3 Å². The molecule has 0 amide bonds. The molecule has 2 aromatic heterocycles. The largest absolute Gasteiger partial charge is 0.300 e. The number of rotatable bonds is 2. The number of thiazole rings is 1. The second kappa shape index (κ2) is 4.35. The summed E-state index contributed by atoms with van der Waals surface area (Å²) in [7, 11) is 0. The zero-order chi connectivity index (χ0) is 11.7. The van der Waals surface area contributed by atoms with E-state index in [0.29, 0.717) is 11.1 Å². The first kappa shape index (κ1) is 11.3. The van der Waals surface area contributed by atoms with Gasteiger partial charge in [-0.3, -0.25) is 5.32 Å². The van der Waals surface area contributed by atoms with Crippen LogP contribution in [0, 0.1) is 20.8 Å². The lowest BCUT2D eigenvalue weighted by molar-refractivity contribution is 1.06. The molecule has 2 aromatic rings. The Morgan fingerprint density at radius 2 is 1.94 bits per heavy atom.